The van der Waals surface area contributed by atoms with Crippen LogP contribution in [0.1, 0.15) is 6.92 Å². The van der Waals surface area contributed by atoms with E-state index in [1.165, 1.54) is 6.07 Å². The smallest absolute Gasteiger partial charge is 0.240 e. The summed E-state index contributed by atoms with van der Waals surface area (Å²) in [5.41, 5.74) is 6.38. The van der Waals surface area contributed by atoms with Crippen LogP contribution in [0.25, 0.3) is 0 Å². The Morgan fingerprint density at radius 3 is 2.80 bits per heavy atom. The summed E-state index contributed by atoms with van der Waals surface area (Å²) in [4.78, 5) is -0.00943. The first-order valence-corrected chi connectivity index (χ1v) is 7.57. The van der Waals surface area contributed by atoms with Gasteiger partial charge in [0.1, 0.15) is 4.90 Å². The van der Waals surface area contributed by atoms with Gasteiger partial charge in [0.05, 0.1) is 12.2 Å². The van der Waals surface area contributed by atoms with E-state index in [1.54, 1.807) is 23.0 Å². The van der Waals surface area contributed by atoms with Gasteiger partial charge in [-0.15, -0.1) is 0 Å². The van der Waals surface area contributed by atoms with Crippen LogP contribution in [-0.2, 0) is 16.6 Å². The van der Waals surface area contributed by atoms with Crippen molar-refractivity contribution in [3.05, 3.63) is 36.7 Å². The first-order chi connectivity index (χ1) is 9.36. The molecule has 1 heterocycles. The Morgan fingerprint density at radius 2 is 2.20 bits per heavy atom. The molecule has 2 rings (SSSR count). The lowest BCUT2D eigenvalue weighted by molar-refractivity contribution is 0.559. The molecule has 0 saturated carbocycles. The number of nitrogen functional groups attached to an aromatic ring is 1. The Balaban J connectivity index is 2.21. The summed E-state index contributed by atoms with van der Waals surface area (Å²) < 4.78 is 24.9. The molecule has 0 radical (unpaired) electrons. The first-order valence-electron chi connectivity index (χ1n) is 6.02. The molecule has 0 saturated heterocycles. The molecule has 0 bridgehead atoms. The Morgan fingerprint density at radius 1 is 1.45 bits per heavy atom. The van der Waals surface area contributed by atoms with E-state index in [9.17, 15) is 8.42 Å². The molecule has 1 aromatic heterocycles. The largest absolute Gasteiger partial charge is 0.399 e. The topological polar surface area (TPSA) is 116 Å². The van der Waals surface area contributed by atoms with Crippen molar-refractivity contribution in [3.8, 4) is 0 Å². The maximum atomic E-state index is 11.6. The highest BCUT2D eigenvalue weighted by molar-refractivity contribution is 7.89. The predicted octanol–water partition coefficient (Wildman–Crippen LogP) is 0.613. The van der Waals surface area contributed by atoms with Crippen molar-refractivity contribution in [1.82, 2.24) is 9.78 Å². The molecule has 1 unspecified atom stereocenters. The number of hydrogen-bond donors (Lipinski definition) is 3. The van der Waals surface area contributed by atoms with Crippen molar-refractivity contribution in [2.45, 2.75) is 24.4 Å². The van der Waals surface area contributed by atoms with Gasteiger partial charge in [0.15, 0.2) is 0 Å². The summed E-state index contributed by atoms with van der Waals surface area (Å²) in [6.45, 7) is 2.52. The van der Waals surface area contributed by atoms with Crippen LogP contribution < -0.4 is 16.2 Å². The zero-order valence-electron chi connectivity index (χ0n) is 11.0. The summed E-state index contributed by atoms with van der Waals surface area (Å²) in [6, 6.07) is 6.37. The van der Waals surface area contributed by atoms with Crippen LogP contribution in [0, 0.1) is 0 Å². The molecular weight excluding hydrogens is 278 g/mol. The third-order valence-electron chi connectivity index (χ3n) is 2.73. The number of nitrogens with one attached hydrogen (secondary N) is 1. The normalized spacial score (nSPS) is 13.1. The first kappa shape index (κ1) is 14.4. The Labute approximate surface area is 117 Å². The molecule has 108 valence electrons. The lowest BCUT2D eigenvalue weighted by Crippen LogP contribution is -2.24. The Bertz CT molecular complexity index is 682. The van der Waals surface area contributed by atoms with Gasteiger partial charge in [0.25, 0.3) is 0 Å². The van der Waals surface area contributed by atoms with Crippen molar-refractivity contribution in [1.29, 1.82) is 0 Å². The molecule has 0 amide bonds. The van der Waals surface area contributed by atoms with Gasteiger partial charge in [-0.1, -0.05) is 0 Å². The van der Waals surface area contributed by atoms with Crippen LogP contribution in [0.5, 0.6) is 0 Å². The van der Waals surface area contributed by atoms with Crippen molar-refractivity contribution < 1.29 is 8.42 Å². The fourth-order valence-corrected chi connectivity index (χ4v) is 2.63. The average Bonchev–Trinajstić information content (AvgIpc) is 2.82. The lowest BCUT2D eigenvalue weighted by Gasteiger charge is -2.17. The minimum Gasteiger partial charge on any atom is -0.399 e. The zero-order chi connectivity index (χ0) is 14.8. The molecule has 0 aliphatic carbocycles. The predicted molar refractivity (Wildman–Crippen MR) is 77.5 cm³/mol. The number of sulfonamides is 1. The number of nitrogens with zero attached hydrogens (tertiary/aromatic N) is 2. The van der Waals surface area contributed by atoms with Crippen LogP contribution in [0.2, 0.25) is 0 Å². The SMILES string of the molecule is CC(Cn1cccn1)Nc1ccc(N)cc1S(N)(=O)=O. The summed E-state index contributed by atoms with van der Waals surface area (Å²) in [5.74, 6) is 0. The van der Waals surface area contributed by atoms with E-state index in [1.807, 2.05) is 19.2 Å². The zero-order valence-corrected chi connectivity index (χ0v) is 11.8. The summed E-state index contributed by atoms with van der Waals surface area (Å²) in [6.07, 6.45) is 3.52. The molecule has 20 heavy (non-hydrogen) atoms. The third-order valence-corrected chi connectivity index (χ3v) is 3.69. The van der Waals surface area contributed by atoms with Gasteiger partial charge in [0.2, 0.25) is 10.0 Å². The van der Waals surface area contributed by atoms with Gasteiger partial charge in [-0.3, -0.25) is 4.68 Å². The number of anilines is 2. The molecule has 0 aliphatic heterocycles. The molecule has 0 spiro atoms. The molecular formula is C12H17N5O2S. The second-order valence-electron chi connectivity index (χ2n) is 4.57. The van der Waals surface area contributed by atoms with Crippen LogP contribution in [0.3, 0.4) is 0 Å². The number of rotatable bonds is 5. The van der Waals surface area contributed by atoms with E-state index in [4.69, 9.17) is 10.9 Å². The van der Waals surface area contributed by atoms with Gasteiger partial charge in [-0.05, 0) is 31.2 Å². The molecule has 0 fully saturated rings. The number of hydrogen-bond acceptors (Lipinski definition) is 5. The molecule has 7 nitrogen and oxygen atoms in total. The highest BCUT2D eigenvalue weighted by Crippen LogP contribution is 2.23. The molecule has 8 heteroatoms. The minimum atomic E-state index is -3.83. The van der Waals surface area contributed by atoms with Gasteiger partial charge in [-0.25, -0.2) is 13.6 Å². The van der Waals surface area contributed by atoms with Gasteiger partial charge >= 0.3 is 0 Å². The van der Waals surface area contributed by atoms with E-state index in [2.05, 4.69) is 10.4 Å². The van der Waals surface area contributed by atoms with Crippen molar-refractivity contribution in [2.75, 3.05) is 11.1 Å². The van der Waals surface area contributed by atoms with Crippen molar-refractivity contribution in [2.24, 2.45) is 5.14 Å². The summed E-state index contributed by atoms with van der Waals surface area (Å²) >= 11 is 0. The summed E-state index contributed by atoms with van der Waals surface area (Å²) in [5, 5.41) is 12.4. The van der Waals surface area contributed by atoms with Crippen LogP contribution in [0.4, 0.5) is 11.4 Å². The van der Waals surface area contributed by atoms with E-state index in [0.29, 0.717) is 17.9 Å². The molecule has 1 atom stereocenters. The quantitative estimate of drug-likeness (QED) is 0.699. The fourth-order valence-electron chi connectivity index (χ4n) is 1.89. The van der Waals surface area contributed by atoms with Gasteiger partial charge in [-0.2, -0.15) is 5.10 Å². The minimum absolute atomic E-state index is 0.00943. The molecule has 1 aromatic carbocycles. The fraction of sp³-hybridized carbons (Fsp3) is 0.250. The van der Waals surface area contributed by atoms with Crippen molar-refractivity contribution in [3.63, 3.8) is 0 Å². The highest BCUT2D eigenvalue weighted by Gasteiger charge is 2.16. The van der Waals surface area contributed by atoms with Crippen LogP contribution in [0.15, 0.2) is 41.6 Å². The van der Waals surface area contributed by atoms with E-state index >= 15 is 0 Å². The molecule has 2 aromatic rings. The molecule has 0 aliphatic rings. The third kappa shape index (κ3) is 3.49. The maximum Gasteiger partial charge on any atom is 0.240 e. The summed E-state index contributed by atoms with van der Waals surface area (Å²) in [7, 11) is -3.83. The average molecular weight is 295 g/mol. The maximum absolute atomic E-state index is 11.6. The van der Waals surface area contributed by atoms with Gasteiger partial charge < -0.3 is 11.1 Å². The molecule has 5 N–H and O–H groups in total. The lowest BCUT2D eigenvalue weighted by atomic mass is 10.2. The number of aromatic nitrogens is 2. The van der Waals surface area contributed by atoms with Crippen LogP contribution in [-0.4, -0.2) is 24.2 Å². The van der Waals surface area contributed by atoms with Crippen LogP contribution >= 0.6 is 0 Å². The number of nitrogens with two attached hydrogens (primary N) is 2. The second kappa shape index (κ2) is 5.51. The van der Waals surface area contributed by atoms with Crippen molar-refractivity contribution >= 4 is 21.4 Å². The monoisotopic (exact) mass is 295 g/mol. The number of benzene rings is 1. The second-order valence-corrected chi connectivity index (χ2v) is 6.10. The highest BCUT2D eigenvalue weighted by atomic mass is 32.2. The Hall–Kier alpha value is -2.06. The van der Waals surface area contributed by atoms with Gasteiger partial charge in [0, 0.05) is 24.1 Å². The van der Waals surface area contributed by atoms with E-state index in [-0.39, 0.29) is 10.9 Å². The number of primary sulfonamides is 1. The van der Waals surface area contributed by atoms with E-state index < -0.39 is 10.0 Å². The standard InChI is InChI=1S/C12H17N5O2S/c1-9(8-17-6-2-5-15-17)16-11-4-3-10(13)7-12(11)20(14,18)19/h2-7,9,16H,8,13H2,1H3,(H2,14,18,19). The Kier molecular flexibility index (Phi) is 3.96. The van der Waals surface area contributed by atoms with E-state index in [0.717, 1.165) is 0 Å².